The zero-order valence-corrected chi connectivity index (χ0v) is 13.7. The Labute approximate surface area is 129 Å². The van der Waals surface area contributed by atoms with E-state index in [-0.39, 0.29) is 0 Å². The zero-order chi connectivity index (χ0) is 13.1. The summed E-state index contributed by atoms with van der Waals surface area (Å²) in [6.45, 7) is 2.40. The number of rotatable bonds is 3. The van der Waals surface area contributed by atoms with Gasteiger partial charge in [-0.25, -0.2) is 0 Å². The third-order valence-corrected chi connectivity index (χ3v) is 6.21. The first kappa shape index (κ1) is 14.0. The second-order valence-electron chi connectivity index (χ2n) is 5.83. The largest absolute Gasteiger partial charge is 0.316 e. The minimum absolute atomic E-state index is 0.768. The monoisotopic (exact) mass is 339 g/mol. The van der Waals surface area contributed by atoms with Crippen molar-refractivity contribution in [1.29, 1.82) is 0 Å². The average Bonchev–Trinajstić information content (AvgIpc) is 2.94. The van der Waals surface area contributed by atoms with Gasteiger partial charge >= 0.3 is 0 Å². The Kier molecular flexibility index (Phi) is 4.88. The molecule has 2 aliphatic heterocycles. The third-order valence-electron chi connectivity index (χ3n) is 4.36. The van der Waals surface area contributed by atoms with Crippen molar-refractivity contribution in [2.24, 2.45) is 5.92 Å². The van der Waals surface area contributed by atoms with Crippen LogP contribution < -0.4 is 5.32 Å². The summed E-state index contributed by atoms with van der Waals surface area (Å²) in [5, 5.41) is 3.51. The molecule has 2 aliphatic rings. The van der Waals surface area contributed by atoms with Gasteiger partial charge in [0.2, 0.25) is 0 Å². The van der Waals surface area contributed by atoms with Gasteiger partial charge in [-0.15, -0.1) is 0 Å². The molecule has 2 unspecified atom stereocenters. The first-order valence-corrected chi connectivity index (χ1v) is 9.34. The normalized spacial score (nSPS) is 27.6. The van der Waals surface area contributed by atoms with E-state index in [1.165, 1.54) is 65.9 Å². The van der Waals surface area contributed by atoms with Gasteiger partial charge in [0.1, 0.15) is 0 Å². The first-order valence-electron chi connectivity index (χ1n) is 7.39. The average molecular weight is 340 g/mol. The Morgan fingerprint density at radius 1 is 1.32 bits per heavy atom. The minimum Gasteiger partial charge on any atom is -0.316 e. The molecule has 0 radical (unpaired) electrons. The number of halogens is 1. The van der Waals surface area contributed by atoms with E-state index in [0.717, 1.165) is 11.8 Å². The number of thioether (sulfide) groups is 1. The van der Waals surface area contributed by atoms with E-state index >= 15 is 0 Å². The van der Waals surface area contributed by atoms with Crippen LogP contribution in [0, 0.1) is 5.92 Å². The van der Waals surface area contributed by atoms with Gasteiger partial charge in [-0.2, -0.15) is 11.8 Å². The second-order valence-corrected chi connectivity index (χ2v) is 7.84. The maximum Gasteiger partial charge on any atom is 0.0213 e. The maximum absolute atomic E-state index is 3.80. The highest BCUT2D eigenvalue weighted by atomic mass is 79.9. The molecule has 19 heavy (non-hydrogen) atoms. The Balaban J connectivity index is 1.67. The smallest absolute Gasteiger partial charge is 0.0213 e. The number of hydrogen-bond acceptors (Lipinski definition) is 2. The molecule has 3 rings (SSSR count). The highest BCUT2D eigenvalue weighted by Crippen LogP contribution is 2.36. The molecule has 2 atom stereocenters. The molecule has 2 fully saturated rings. The number of benzene rings is 1. The molecule has 104 valence electrons. The molecule has 1 N–H and O–H groups in total. The predicted octanol–water partition coefficient (Wildman–Crippen LogP) is 4.21. The van der Waals surface area contributed by atoms with Crippen LogP contribution >= 0.6 is 27.7 Å². The van der Waals surface area contributed by atoms with Crippen LogP contribution in [0.2, 0.25) is 0 Å². The van der Waals surface area contributed by atoms with Gasteiger partial charge in [0, 0.05) is 10.2 Å². The fraction of sp³-hybridized carbons (Fsp3) is 0.625. The van der Waals surface area contributed by atoms with Gasteiger partial charge < -0.3 is 5.32 Å². The summed E-state index contributed by atoms with van der Waals surface area (Å²) in [5.41, 5.74) is 3.02. The van der Waals surface area contributed by atoms with E-state index in [1.807, 2.05) is 0 Å². The molecular weight excluding hydrogens is 318 g/mol. The van der Waals surface area contributed by atoms with Crippen molar-refractivity contribution in [3.8, 4) is 0 Å². The molecule has 0 bridgehead atoms. The molecule has 0 saturated carbocycles. The highest BCUT2D eigenvalue weighted by molar-refractivity contribution is 9.10. The van der Waals surface area contributed by atoms with Gasteiger partial charge in [0.15, 0.2) is 0 Å². The molecule has 3 heteroatoms. The fourth-order valence-electron chi connectivity index (χ4n) is 3.24. The van der Waals surface area contributed by atoms with E-state index < -0.39 is 0 Å². The summed E-state index contributed by atoms with van der Waals surface area (Å²) in [4.78, 5) is 0. The predicted molar refractivity (Wildman–Crippen MR) is 88.1 cm³/mol. The second kappa shape index (κ2) is 6.64. The van der Waals surface area contributed by atoms with Crippen LogP contribution in [0.25, 0.3) is 0 Å². The lowest BCUT2D eigenvalue weighted by atomic mass is 9.90. The van der Waals surface area contributed by atoms with Crippen molar-refractivity contribution in [3.63, 3.8) is 0 Å². The SMILES string of the molecule is Brc1cc(CC2CCCNC2)ccc1C1CCSC1. The van der Waals surface area contributed by atoms with Crippen LogP contribution in [0.15, 0.2) is 22.7 Å². The molecule has 2 saturated heterocycles. The summed E-state index contributed by atoms with van der Waals surface area (Å²) >= 11 is 5.89. The third kappa shape index (κ3) is 3.56. The van der Waals surface area contributed by atoms with Gasteiger partial charge in [0.25, 0.3) is 0 Å². The summed E-state index contributed by atoms with van der Waals surface area (Å²) in [7, 11) is 0. The Hall–Kier alpha value is 0.01000. The van der Waals surface area contributed by atoms with Gasteiger partial charge in [-0.05, 0) is 73.6 Å². The minimum atomic E-state index is 0.768. The Bertz CT molecular complexity index is 423. The summed E-state index contributed by atoms with van der Waals surface area (Å²) in [6.07, 6.45) is 5.29. The fourth-order valence-corrected chi connectivity index (χ4v) is 5.24. The Morgan fingerprint density at radius 3 is 2.95 bits per heavy atom. The van der Waals surface area contributed by atoms with Gasteiger partial charge in [0.05, 0.1) is 0 Å². The van der Waals surface area contributed by atoms with E-state index in [1.54, 1.807) is 0 Å². The van der Waals surface area contributed by atoms with Crippen LogP contribution in [0.3, 0.4) is 0 Å². The van der Waals surface area contributed by atoms with Crippen molar-refractivity contribution < 1.29 is 0 Å². The summed E-state index contributed by atoms with van der Waals surface area (Å²) < 4.78 is 1.33. The zero-order valence-electron chi connectivity index (χ0n) is 11.3. The van der Waals surface area contributed by atoms with Crippen molar-refractivity contribution in [1.82, 2.24) is 5.32 Å². The molecule has 1 aromatic carbocycles. The van der Waals surface area contributed by atoms with E-state index in [4.69, 9.17) is 0 Å². The molecule has 0 amide bonds. The van der Waals surface area contributed by atoms with E-state index in [0.29, 0.717) is 0 Å². The standard InChI is InChI=1S/C16H22BrNS/c17-16-9-12(8-13-2-1-6-18-10-13)3-4-15(16)14-5-7-19-11-14/h3-4,9,13-14,18H,1-2,5-8,10-11H2. The molecule has 2 heterocycles. The maximum atomic E-state index is 3.80. The number of nitrogens with one attached hydrogen (secondary N) is 1. The van der Waals surface area contributed by atoms with E-state index in [9.17, 15) is 0 Å². The van der Waals surface area contributed by atoms with Crippen LogP contribution in [0.1, 0.15) is 36.3 Å². The lowest BCUT2D eigenvalue weighted by molar-refractivity contribution is 0.376. The topological polar surface area (TPSA) is 12.0 Å². The Morgan fingerprint density at radius 2 is 2.26 bits per heavy atom. The molecular formula is C16H22BrNS. The van der Waals surface area contributed by atoms with Crippen molar-refractivity contribution >= 4 is 27.7 Å². The quantitative estimate of drug-likeness (QED) is 0.885. The number of piperidine rings is 1. The summed E-state index contributed by atoms with van der Waals surface area (Å²) in [5.74, 6) is 4.22. The molecule has 1 aromatic rings. The van der Waals surface area contributed by atoms with Crippen LogP contribution in [-0.4, -0.2) is 24.6 Å². The van der Waals surface area contributed by atoms with E-state index in [2.05, 4.69) is 51.2 Å². The van der Waals surface area contributed by atoms with Gasteiger partial charge in [-0.1, -0.05) is 28.1 Å². The summed E-state index contributed by atoms with van der Waals surface area (Å²) in [6, 6.07) is 7.09. The van der Waals surface area contributed by atoms with Crippen molar-refractivity contribution in [2.75, 3.05) is 24.6 Å². The van der Waals surface area contributed by atoms with Crippen LogP contribution in [0.5, 0.6) is 0 Å². The van der Waals surface area contributed by atoms with Gasteiger partial charge in [-0.3, -0.25) is 0 Å². The van der Waals surface area contributed by atoms with Crippen LogP contribution in [0.4, 0.5) is 0 Å². The van der Waals surface area contributed by atoms with Crippen LogP contribution in [-0.2, 0) is 6.42 Å². The molecule has 0 spiro atoms. The molecule has 0 aromatic heterocycles. The van der Waals surface area contributed by atoms with Crippen molar-refractivity contribution in [2.45, 2.75) is 31.6 Å². The lowest BCUT2D eigenvalue weighted by Crippen LogP contribution is -2.30. The molecule has 0 aliphatic carbocycles. The first-order chi connectivity index (χ1) is 9.33. The molecule has 1 nitrogen and oxygen atoms in total. The number of hydrogen-bond donors (Lipinski definition) is 1. The van der Waals surface area contributed by atoms with Crippen molar-refractivity contribution in [3.05, 3.63) is 33.8 Å². The highest BCUT2D eigenvalue weighted by Gasteiger charge is 2.20. The lowest BCUT2D eigenvalue weighted by Gasteiger charge is -2.23.